The largest absolute Gasteiger partial charge is 0.387 e. The summed E-state index contributed by atoms with van der Waals surface area (Å²) in [6.07, 6.45) is 2.75. The molecule has 2 aromatic carbocycles. The molecule has 0 saturated carbocycles. The molecule has 1 atom stereocenters. The molecule has 6 rings (SSSR count). The van der Waals surface area contributed by atoms with Crippen LogP contribution in [0.4, 0.5) is 8.78 Å². The maximum atomic E-state index is 14.2. The summed E-state index contributed by atoms with van der Waals surface area (Å²) >= 11 is 7.76. The van der Waals surface area contributed by atoms with Crippen molar-refractivity contribution in [3.63, 3.8) is 0 Å². The first-order valence-electron chi connectivity index (χ1n) is 12.4. The molecule has 4 heterocycles. The van der Waals surface area contributed by atoms with Gasteiger partial charge in [0.2, 0.25) is 5.91 Å². The Bertz CT molecular complexity index is 1540. The Hall–Kier alpha value is -3.37. The number of fused-ring (bicyclic) bond motifs is 1. The van der Waals surface area contributed by atoms with E-state index in [1.165, 1.54) is 29.5 Å². The van der Waals surface area contributed by atoms with E-state index in [4.69, 9.17) is 21.4 Å². The van der Waals surface area contributed by atoms with Crippen LogP contribution in [0.5, 0.6) is 0 Å². The van der Waals surface area contributed by atoms with E-state index in [-0.39, 0.29) is 30.4 Å². The lowest BCUT2D eigenvalue weighted by atomic mass is 9.97. The van der Waals surface area contributed by atoms with Crippen LogP contribution in [0.3, 0.4) is 0 Å². The van der Waals surface area contributed by atoms with E-state index in [0.29, 0.717) is 29.5 Å². The first kappa shape index (κ1) is 24.9. The van der Waals surface area contributed by atoms with Crippen LogP contribution in [0, 0.1) is 18.6 Å². The molecule has 196 valence electrons. The highest BCUT2D eigenvalue weighted by molar-refractivity contribution is 7.10. The number of halogens is 3. The lowest BCUT2D eigenvalue weighted by molar-refractivity contribution is -0.132. The minimum atomic E-state index is -0.807. The summed E-state index contributed by atoms with van der Waals surface area (Å²) < 4.78 is 30.2. The molecule has 38 heavy (non-hydrogen) atoms. The molecular formula is C27H24ClF2N5O2S. The number of likely N-dealkylation sites (tertiary alicyclic amines) is 1. The lowest BCUT2D eigenvalue weighted by Crippen LogP contribution is -2.39. The van der Waals surface area contributed by atoms with Crippen molar-refractivity contribution in [1.29, 1.82) is 0 Å². The first-order chi connectivity index (χ1) is 18.4. The van der Waals surface area contributed by atoms with Gasteiger partial charge in [0.15, 0.2) is 6.10 Å². The second kappa shape index (κ2) is 10.1. The minimum absolute atomic E-state index is 0.0454. The third-order valence-electron chi connectivity index (χ3n) is 7.19. The quantitative estimate of drug-likeness (QED) is 0.302. The SMILES string of the molecule is Cc1cc(Cl)cc2c1ncn2CC(=O)N1CCC(c2nc(C3=NOC(c4c(F)cccc4F)C3)cs2)CC1. The van der Waals surface area contributed by atoms with Crippen molar-refractivity contribution in [3.05, 3.63) is 80.5 Å². The molecule has 1 amide bonds. The van der Waals surface area contributed by atoms with Gasteiger partial charge < -0.3 is 14.3 Å². The summed E-state index contributed by atoms with van der Waals surface area (Å²) in [6.45, 7) is 3.45. The number of benzene rings is 2. The maximum Gasteiger partial charge on any atom is 0.242 e. The van der Waals surface area contributed by atoms with Crippen LogP contribution < -0.4 is 0 Å². The van der Waals surface area contributed by atoms with Crippen LogP contribution in [-0.2, 0) is 16.2 Å². The fourth-order valence-corrected chi connectivity index (χ4v) is 6.42. The number of hydrogen-bond acceptors (Lipinski definition) is 6. The molecule has 0 bridgehead atoms. The Morgan fingerprint density at radius 1 is 1.21 bits per heavy atom. The van der Waals surface area contributed by atoms with Gasteiger partial charge in [-0.05, 0) is 49.6 Å². The van der Waals surface area contributed by atoms with Crippen molar-refractivity contribution in [2.75, 3.05) is 13.1 Å². The molecule has 0 N–H and O–H groups in total. The highest BCUT2D eigenvalue weighted by Crippen LogP contribution is 2.35. The fourth-order valence-electron chi connectivity index (χ4n) is 5.15. The summed E-state index contributed by atoms with van der Waals surface area (Å²) in [7, 11) is 0. The molecule has 2 aromatic heterocycles. The molecule has 11 heteroatoms. The van der Waals surface area contributed by atoms with Gasteiger partial charge in [-0.2, -0.15) is 0 Å². The molecule has 2 aliphatic rings. The average Bonchev–Trinajstić information content (AvgIpc) is 3.65. The van der Waals surface area contributed by atoms with Gasteiger partial charge in [0.1, 0.15) is 23.9 Å². The Labute approximate surface area is 226 Å². The molecular weight excluding hydrogens is 532 g/mol. The number of oxime groups is 1. The second-order valence-corrected chi connectivity index (χ2v) is 11.0. The molecule has 4 aromatic rings. The normalized spacial score (nSPS) is 18.2. The van der Waals surface area contributed by atoms with Gasteiger partial charge in [-0.15, -0.1) is 11.3 Å². The Balaban J connectivity index is 1.06. The molecule has 1 fully saturated rings. The van der Waals surface area contributed by atoms with E-state index in [1.54, 1.807) is 6.33 Å². The summed E-state index contributed by atoms with van der Waals surface area (Å²) in [5.41, 5.74) is 3.82. The van der Waals surface area contributed by atoms with Gasteiger partial charge in [0.05, 0.1) is 33.6 Å². The van der Waals surface area contributed by atoms with Crippen LogP contribution in [0.25, 0.3) is 11.0 Å². The van der Waals surface area contributed by atoms with Gasteiger partial charge in [-0.3, -0.25) is 4.79 Å². The number of rotatable bonds is 5. The molecule has 0 spiro atoms. The number of carbonyl (C=O) groups excluding carboxylic acids is 1. The predicted octanol–water partition coefficient (Wildman–Crippen LogP) is 6.00. The third-order valence-corrected chi connectivity index (χ3v) is 8.42. The zero-order valence-corrected chi connectivity index (χ0v) is 22.1. The fraction of sp³-hybridized carbons (Fsp3) is 0.333. The van der Waals surface area contributed by atoms with E-state index in [0.717, 1.165) is 34.4 Å². The summed E-state index contributed by atoms with van der Waals surface area (Å²) in [4.78, 5) is 29.5. The maximum absolute atomic E-state index is 14.2. The summed E-state index contributed by atoms with van der Waals surface area (Å²) in [6, 6.07) is 7.46. The van der Waals surface area contributed by atoms with Gasteiger partial charge in [0, 0.05) is 35.8 Å². The molecule has 2 aliphatic heterocycles. The molecule has 0 radical (unpaired) electrons. The van der Waals surface area contributed by atoms with Crippen molar-refractivity contribution in [1.82, 2.24) is 19.4 Å². The number of carbonyl (C=O) groups is 1. The van der Waals surface area contributed by atoms with E-state index in [1.807, 2.05) is 33.9 Å². The van der Waals surface area contributed by atoms with Crippen LogP contribution in [0.15, 0.2) is 47.2 Å². The predicted molar refractivity (Wildman–Crippen MR) is 141 cm³/mol. The third kappa shape index (κ3) is 4.67. The highest BCUT2D eigenvalue weighted by Gasteiger charge is 2.31. The van der Waals surface area contributed by atoms with E-state index >= 15 is 0 Å². The minimum Gasteiger partial charge on any atom is -0.387 e. The number of nitrogens with zero attached hydrogens (tertiary/aromatic N) is 5. The average molecular weight is 556 g/mol. The van der Waals surface area contributed by atoms with Crippen molar-refractivity contribution in [3.8, 4) is 0 Å². The molecule has 1 saturated heterocycles. The number of hydrogen-bond donors (Lipinski definition) is 0. The van der Waals surface area contributed by atoms with E-state index in [9.17, 15) is 13.6 Å². The summed E-state index contributed by atoms with van der Waals surface area (Å²) in [5, 5.41) is 7.57. The standard InChI is InChI=1S/C27H24ClF2N5O2S/c1-15-9-17(28)10-22-26(15)31-14-35(22)12-24(36)34-7-5-16(6-8-34)27-32-21(13-38-27)20-11-23(37-33-20)25-18(29)3-2-4-19(25)30/h2-4,9-10,13-14,16,23H,5-8,11-12H2,1H3. The number of piperidine rings is 1. The van der Waals surface area contributed by atoms with Crippen LogP contribution in [0.1, 0.15) is 53.1 Å². The molecule has 7 nitrogen and oxygen atoms in total. The number of imidazole rings is 1. The van der Waals surface area contributed by atoms with Gasteiger partial charge in [0.25, 0.3) is 0 Å². The molecule has 1 unspecified atom stereocenters. The number of thiazole rings is 1. The Kier molecular flexibility index (Phi) is 6.61. The Morgan fingerprint density at radius 2 is 1.97 bits per heavy atom. The van der Waals surface area contributed by atoms with E-state index < -0.39 is 17.7 Å². The van der Waals surface area contributed by atoms with Crippen LogP contribution in [-0.4, -0.2) is 44.1 Å². The lowest BCUT2D eigenvalue weighted by Gasteiger charge is -2.31. The van der Waals surface area contributed by atoms with Crippen molar-refractivity contribution in [2.24, 2.45) is 5.16 Å². The van der Waals surface area contributed by atoms with Crippen molar-refractivity contribution in [2.45, 2.75) is 44.8 Å². The van der Waals surface area contributed by atoms with Crippen LogP contribution in [0.2, 0.25) is 5.02 Å². The van der Waals surface area contributed by atoms with Gasteiger partial charge in [-0.1, -0.05) is 22.8 Å². The van der Waals surface area contributed by atoms with Crippen molar-refractivity contribution < 1.29 is 18.4 Å². The zero-order chi connectivity index (χ0) is 26.4. The number of amides is 1. The molecule has 0 aliphatic carbocycles. The highest BCUT2D eigenvalue weighted by atomic mass is 35.5. The van der Waals surface area contributed by atoms with Crippen molar-refractivity contribution >= 4 is 45.6 Å². The summed E-state index contributed by atoms with van der Waals surface area (Å²) in [5.74, 6) is -1.01. The van der Waals surface area contributed by atoms with Crippen LogP contribution >= 0.6 is 22.9 Å². The Morgan fingerprint density at radius 3 is 2.74 bits per heavy atom. The van der Waals surface area contributed by atoms with Gasteiger partial charge >= 0.3 is 0 Å². The number of aromatic nitrogens is 3. The van der Waals surface area contributed by atoms with Gasteiger partial charge in [-0.25, -0.2) is 18.7 Å². The second-order valence-electron chi connectivity index (χ2n) is 9.66. The smallest absolute Gasteiger partial charge is 0.242 e. The first-order valence-corrected chi connectivity index (χ1v) is 13.6. The topological polar surface area (TPSA) is 72.6 Å². The van der Waals surface area contributed by atoms with E-state index in [2.05, 4.69) is 10.1 Å². The monoisotopic (exact) mass is 555 g/mol. The zero-order valence-electron chi connectivity index (χ0n) is 20.5. The number of aryl methyl sites for hydroxylation is 1.